The Morgan fingerprint density at radius 2 is 1.71 bits per heavy atom. The Morgan fingerprint density at radius 1 is 1.10 bits per heavy atom. The van der Waals surface area contributed by atoms with Gasteiger partial charge in [0, 0.05) is 13.2 Å². The maximum Gasteiger partial charge on any atom is 0.0976 e. The monoisotopic (exact) mass is 289 g/mol. The Labute approximate surface area is 130 Å². The molecule has 4 unspecified atom stereocenters. The second-order valence-electron chi connectivity index (χ2n) is 6.83. The molecule has 0 aliphatic heterocycles. The van der Waals surface area contributed by atoms with Gasteiger partial charge in [0.15, 0.2) is 0 Å². The van der Waals surface area contributed by atoms with Crippen LogP contribution in [-0.4, -0.2) is 19.7 Å². The van der Waals surface area contributed by atoms with Crippen LogP contribution in [0.3, 0.4) is 0 Å². The molecule has 1 aliphatic rings. The molecule has 0 saturated heterocycles. The number of rotatable bonds is 6. The van der Waals surface area contributed by atoms with Crippen molar-refractivity contribution in [2.45, 2.75) is 52.2 Å². The van der Waals surface area contributed by atoms with Gasteiger partial charge in [0.1, 0.15) is 0 Å². The molecule has 1 aromatic rings. The lowest BCUT2D eigenvalue weighted by atomic mass is 9.72. The SMILES string of the molecule is CCNC(C1CC(C)CC(C)C1)C(OC)c1ccccc1. The number of hydrogen-bond acceptors (Lipinski definition) is 2. The summed E-state index contributed by atoms with van der Waals surface area (Å²) in [6.45, 7) is 7.99. The fourth-order valence-corrected chi connectivity index (χ4v) is 4.19. The van der Waals surface area contributed by atoms with Crippen LogP contribution in [0.25, 0.3) is 0 Å². The maximum absolute atomic E-state index is 5.91. The summed E-state index contributed by atoms with van der Waals surface area (Å²) >= 11 is 0. The van der Waals surface area contributed by atoms with Crippen molar-refractivity contribution < 1.29 is 4.74 Å². The van der Waals surface area contributed by atoms with Gasteiger partial charge in [-0.2, -0.15) is 0 Å². The number of methoxy groups -OCH3 is 1. The third-order valence-corrected chi connectivity index (χ3v) is 4.87. The van der Waals surface area contributed by atoms with Crippen LogP contribution < -0.4 is 5.32 Å². The smallest absolute Gasteiger partial charge is 0.0976 e. The molecule has 0 spiro atoms. The van der Waals surface area contributed by atoms with E-state index in [1.807, 2.05) is 7.11 Å². The average molecular weight is 289 g/mol. The summed E-state index contributed by atoms with van der Waals surface area (Å²) in [7, 11) is 1.84. The van der Waals surface area contributed by atoms with Gasteiger partial charge in [-0.05, 0) is 49.1 Å². The zero-order valence-corrected chi connectivity index (χ0v) is 14.0. The van der Waals surface area contributed by atoms with Crippen LogP contribution in [0, 0.1) is 17.8 Å². The molecule has 21 heavy (non-hydrogen) atoms. The molecular formula is C19H31NO. The standard InChI is InChI=1S/C19H31NO/c1-5-20-18(17-12-14(2)11-15(3)13-17)19(21-4)16-9-7-6-8-10-16/h6-10,14-15,17-20H,5,11-13H2,1-4H3. The number of ether oxygens (including phenoxy) is 1. The van der Waals surface area contributed by atoms with E-state index >= 15 is 0 Å². The molecule has 4 atom stereocenters. The average Bonchev–Trinajstić information content (AvgIpc) is 2.47. The van der Waals surface area contributed by atoms with E-state index in [1.165, 1.54) is 24.8 Å². The quantitative estimate of drug-likeness (QED) is 0.837. The van der Waals surface area contributed by atoms with Crippen LogP contribution in [0.2, 0.25) is 0 Å². The zero-order chi connectivity index (χ0) is 15.2. The molecule has 2 rings (SSSR count). The molecule has 0 amide bonds. The van der Waals surface area contributed by atoms with Crippen molar-refractivity contribution in [1.29, 1.82) is 0 Å². The first-order chi connectivity index (χ1) is 10.2. The summed E-state index contributed by atoms with van der Waals surface area (Å²) in [6, 6.07) is 11.1. The van der Waals surface area contributed by atoms with Crippen molar-refractivity contribution in [2.75, 3.05) is 13.7 Å². The first-order valence-corrected chi connectivity index (χ1v) is 8.46. The third-order valence-electron chi connectivity index (χ3n) is 4.87. The second-order valence-corrected chi connectivity index (χ2v) is 6.83. The Morgan fingerprint density at radius 3 is 2.24 bits per heavy atom. The molecule has 1 fully saturated rings. The summed E-state index contributed by atoms with van der Waals surface area (Å²) in [5, 5.41) is 3.72. The zero-order valence-electron chi connectivity index (χ0n) is 14.0. The van der Waals surface area contributed by atoms with E-state index in [0.717, 1.165) is 18.4 Å². The lowest BCUT2D eigenvalue weighted by Gasteiger charge is -2.40. The van der Waals surface area contributed by atoms with Gasteiger partial charge in [0.25, 0.3) is 0 Å². The van der Waals surface area contributed by atoms with Crippen molar-refractivity contribution in [3.63, 3.8) is 0 Å². The topological polar surface area (TPSA) is 21.3 Å². The van der Waals surface area contributed by atoms with Gasteiger partial charge >= 0.3 is 0 Å². The second kappa shape index (κ2) is 7.95. The highest BCUT2D eigenvalue weighted by Gasteiger charge is 2.34. The molecule has 0 bridgehead atoms. The minimum Gasteiger partial charge on any atom is -0.375 e. The largest absolute Gasteiger partial charge is 0.375 e. The molecule has 1 saturated carbocycles. The van der Waals surface area contributed by atoms with E-state index in [4.69, 9.17) is 4.74 Å². The lowest BCUT2D eigenvalue weighted by Crippen LogP contribution is -2.44. The Kier molecular flexibility index (Phi) is 6.25. The Balaban J connectivity index is 2.19. The third kappa shape index (κ3) is 4.31. The van der Waals surface area contributed by atoms with Crippen LogP contribution in [0.15, 0.2) is 30.3 Å². The van der Waals surface area contributed by atoms with E-state index in [1.54, 1.807) is 0 Å². The van der Waals surface area contributed by atoms with Gasteiger partial charge < -0.3 is 10.1 Å². The van der Waals surface area contributed by atoms with Crippen molar-refractivity contribution in [3.8, 4) is 0 Å². The molecule has 0 heterocycles. The Hall–Kier alpha value is -0.860. The molecular weight excluding hydrogens is 258 g/mol. The van der Waals surface area contributed by atoms with Gasteiger partial charge in [-0.1, -0.05) is 51.1 Å². The predicted molar refractivity (Wildman–Crippen MR) is 89.3 cm³/mol. The summed E-state index contributed by atoms with van der Waals surface area (Å²) < 4.78 is 5.91. The van der Waals surface area contributed by atoms with Crippen molar-refractivity contribution in [1.82, 2.24) is 5.32 Å². The number of nitrogens with one attached hydrogen (secondary N) is 1. The van der Waals surface area contributed by atoms with Gasteiger partial charge in [-0.3, -0.25) is 0 Å². The fraction of sp³-hybridized carbons (Fsp3) is 0.684. The molecule has 0 radical (unpaired) electrons. The summed E-state index contributed by atoms with van der Waals surface area (Å²) in [5.41, 5.74) is 1.29. The van der Waals surface area contributed by atoms with Crippen LogP contribution in [0.5, 0.6) is 0 Å². The van der Waals surface area contributed by atoms with Crippen molar-refractivity contribution in [3.05, 3.63) is 35.9 Å². The summed E-state index contributed by atoms with van der Waals surface area (Å²) in [6.07, 6.45) is 4.15. The van der Waals surface area contributed by atoms with E-state index in [9.17, 15) is 0 Å². The first-order valence-electron chi connectivity index (χ1n) is 8.46. The summed E-state index contributed by atoms with van der Waals surface area (Å²) in [4.78, 5) is 0. The number of benzene rings is 1. The van der Waals surface area contributed by atoms with Gasteiger partial charge in [0.2, 0.25) is 0 Å². The van der Waals surface area contributed by atoms with Crippen LogP contribution >= 0.6 is 0 Å². The predicted octanol–water partition coefficient (Wildman–Crippen LogP) is 4.42. The normalized spacial score (nSPS) is 29.0. The van der Waals surface area contributed by atoms with E-state index in [2.05, 4.69) is 56.4 Å². The van der Waals surface area contributed by atoms with E-state index < -0.39 is 0 Å². The number of likely N-dealkylation sites (N-methyl/N-ethyl adjacent to an activating group) is 1. The number of hydrogen-bond donors (Lipinski definition) is 1. The minimum absolute atomic E-state index is 0.147. The van der Waals surface area contributed by atoms with Gasteiger partial charge in [-0.25, -0.2) is 0 Å². The molecule has 1 aromatic carbocycles. The molecule has 2 heteroatoms. The molecule has 0 aromatic heterocycles. The highest BCUT2D eigenvalue weighted by atomic mass is 16.5. The first kappa shape index (κ1) is 16.5. The molecule has 2 nitrogen and oxygen atoms in total. The lowest BCUT2D eigenvalue weighted by molar-refractivity contribution is 0.0276. The Bertz CT molecular complexity index is 395. The fourth-order valence-electron chi connectivity index (χ4n) is 4.19. The van der Waals surface area contributed by atoms with E-state index in [-0.39, 0.29) is 6.10 Å². The van der Waals surface area contributed by atoms with Crippen LogP contribution in [-0.2, 0) is 4.74 Å². The molecule has 1 aliphatic carbocycles. The molecule has 1 N–H and O–H groups in total. The van der Waals surface area contributed by atoms with E-state index in [0.29, 0.717) is 12.0 Å². The van der Waals surface area contributed by atoms with Crippen LogP contribution in [0.4, 0.5) is 0 Å². The maximum atomic E-state index is 5.91. The van der Waals surface area contributed by atoms with Gasteiger partial charge in [-0.15, -0.1) is 0 Å². The molecule has 118 valence electrons. The van der Waals surface area contributed by atoms with Crippen molar-refractivity contribution >= 4 is 0 Å². The highest BCUT2D eigenvalue weighted by molar-refractivity contribution is 5.19. The van der Waals surface area contributed by atoms with Crippen LogP contribution in [0.1, 0.15) is 51.7 Å². The minimum atomic E-state index is 0.147. The van der Waals surface area contributed by atoms with Crippen molar-refractivity contribution in [2.24, 2.45) is 17.8 Å². The highest BCUT2D eigenvalue weighted by Crippen LogP contribution is 2.38. The van der Waals surface area contributed by atoms with Gasteiger partial charge in [0.05, 0.1) is 6.10 Å². The summed E-state index contributed by atoms with van der Waals surface area (Å²) in [5.74, 6) is 2.36.